The zero-order valence-corrected chi connectivity index (χ0v) is 10.3. The van der Waals surface area contributed by atoms with Crippen LogP contribution in [0, 0.1) is 0 Å². The first kappa shape index (κ1) is 11.6. The molecular weight excluding hydrogens is 196 g/mol. The average molecular weight is 218 g/mol. The van der Waals surface area contributed by atoms with Gasteiger partial charge in [-0.15, -0.1) is 0 Å². The van der Waals surface area contributed by atoms with Crippen molar-refractivity contribution >= 4 is 0 Å². The van der Waals surface area contributed by atoms with E-state index in [2.05, 4.69) is 42.7 Å². The molecule has 0 saturated heterocycles. The molecule has 1 heterocycles. The highest BCUT2D eigenvalue weighted by Gasteiger charge is 2.13. The Labute approximate surface area is 98.4 Å². The highest BCUT2D eigenvalue weighted by Crippen LogP contribution is 2.18. The second-order valence-electron chi connectivity index (χ2n) is 4.77. The first-order valence-corrected chi connectivity index (χ1v) is 6.34. The fourth-order valence-electron chi connectivity index (χ4n) is 2.25. The van der Waals surface area contributed by atoms with E-state index in [4.69, 9.17) is 0 Å². The molecule has 1 unspecified atom stereocenters. The van der Waals surface area contributed by atoms with Crippen LogP contribution in [0.4, 0.5) is 0 Å². The van der Waals surface area contributed by atoms with Crippen molar-refractivity contribution < 1.29 is 0 Å². The molecule has 0 fully saturated rings. The van der Waals surface area contributed by atoms with Crippen molar-refractivity contribution in [1.82, 2.24) is 10.6 Å². The lowest BCUT2D eigenvalue weighted by Gasteiger charge is -2.23. The van der Waals surface area contributed by atoms with Crippen molar-refractivity contribution in [2.24, 2.45) is 0 Å². The summed E-state index contributed by atoms with van der Waals surface area (Å²) in [6.45, 7) is 7.59. The largest absolute Gasteiger partial charge is 0.313 e. The van der Waals surface area contributed by atoms with Gasteiger partial charge in [0.1, 0.15) is 0 Å². The zero-order valence-electron chi connectivity index (χ0n) is 10.3. The topological polar surface area (TPSA) is 24.1 Å². The maximum Gasteiger partial charge on any atom is 0.0210 e. The van der Waals surface area contributed by atoms with Gasteiger partial charge in [0.25, 0.3) is 0 Å². The van der Waals surface area contributed by atoms with E-state index in [1.165, 1.54) is 23.1 Å². The van der Waals surface area contributed by atoms with Crippen molar-refractivity contribution in [3.05, 3.63) is 34.9 Å². The van der Waals surface area contributed by atoms with Crippen molar-refractivity contribution in [2.75, 3.05) is 6.54 Å². The van der Waals surface area contributed by atoms with Crippen LogP contribution in [-0.4, -0.2) is 12.6 Å². The molecule has 0 radical (unpaired) electrons. The van der Waals surface area contributed by atoms with Crippen LogP contribution in [-0.2, 0) is 19.5 Å². The third kappa shape index (κ3) is 2.83. The Morgan fingerprint density at radius 3 is 3.06 bits per heavy atom. The quantitative estimate of drug-likeness (QED) is 0.757. The molecule has 1 aromatic carbocycles. The first-order valence-electron chi connectivity index (χ1n) is 6.34. The summed E-state index contributed by atoms with van der Waals surface area (Å²) < 4.78 is 0. The Morgan fingerprint density at radius 2 is 2.25 bits per heavy atom. The van der Waals surface area contributed by atoms with Crippen molar-refractivity contribution in [3.63, 3.8) is 0 Å². The van der Waals surface area contributed by atoms with Crippen LogP contribution in [0.3, 0.4) is 0 Å². The Hall–Kier alpha value is -0.860. The minimum atomic E-state index is 0.617. The van der Waals surface area contributed by atoms with Gasteiger partial charge < -0.3 is 10.6 Å². The highest BCUT2D eigenvalue weighted by atomic mass is 14.9. The van der Waals surface area contributed by atoms with Gasteiger partial charge in [-0.3, -0.25) is 0 Å². The SMILES string of the molecule is CCCNCc1ccc2c(c1)CC(C)NC2. The summed E-state index contributed by atoms with van der Waals surface area (Å²) in [7, 11) is 0. The number of hydrogen-bond donors (Lipinski definition) is 2. The molecule has 0 bridgehead atoms. The lowest BCUT2D eigenvalue weighted by molar-refractivity contribution is 0.513. The van der Waals surface area contributed by atoms with E-state index in [-0.39, 0.29) is 0 Å². The van der Waals surface area contributed by atoms with Crippen LogP contribution >= 0.6 is 0 Å². The van der Waals surface area contributed by atoms with Gasteiger partial charge in [-0.1, -0.05) is 25.1 Å². The summed E-state index contributed by atoms with van der Waals surface area (Å²) in [6.07, 6.45) is 2.36. The summed E-state index contributed by atoms with van der Waals surface area (Å²) in [5, 5.41) is 6.95. The molecule has 1 aliphatic heterocycles. The van der Waals surface area contributed by atoms with E-state index >= 15 is 0 Å². The number of rotatable bonds is 4. The van der Waals surface area contributed by atoms with Crippen LogP contribution in [0.15, 0.2) is 18.2 Å². The minimum Gasteiger partial charge on any atom is -0.313 e. The Bertz CT molecular complexity index is 347. The summed E-state index contributed by atoms with van der Waals surface area (Å²) in [5.41, 5.74) is 4.42. The number of nitrogens with one attached hydrogen (secondary N) is 2. The van der Waals surface area contributed by atoms with E-state index in [0.29, 0.717) is 6.04 Å². The molecule has 0 saturated carbocycles. The van der Waals surface area contributed by atoms with Crippen LogP contribution in [0.25, 0.3) is 0 Å². The smallest absolute Gasteiger partial charge is 0.0210 e. The maximum absolute atomic E-state index is 3.49. The molecule has 1 aromatic rings. The maximum atomic E-state index is 3.49. The summed E-state index contributed by atoms with van der Waals surface area (Å²) in [6, 6.07) is 7.51. The summed E-state index contributed by atoms with van der Waals surface area (Å²) in [5.74, 6) is 0. The van der Waals surface area contributed by atoms with Gasteiger partial charge in [-0.05, 0) is 43.0 Å². The molecule has 0 spiro atoms. The molecular formula is C14H22N2. The molecule has 2 heteroatoms. The molecule has 2 nitrogen and oxygen atoms in total. The van der Waals surface area contributed by atoms with Crippen LogP contribution < -0.4 is 10.6 Å². The molecule has 2 rings (SSSR count). The highest BCUT2D eigenvalue weighted by molar-refractivity contribution is 5.34. The van der Waals surface area contributed by atoms with Gasteiger partial charge in [0, 0.05) is 19.1 Å². The fraction of sp³-hybridized carbons (Fsp3) is 0.571. The molecule has 0 aliphatic carbocycles. The van der Waals surface area contributed by atoms with Crippen LogP contribution in [0.2, 0.25) is 0 Å². The Kier molecular flexibility index (Phi) is 3.97. The standard InChI is InChI=1S/C14H22N2/c1-3-6-15-9-12-4-5-13-10-16-11(2)7-14(13)8-12/h4-5,8,11,15-16H,3,6-7,9-10H2,1-2H3. The number of benzene rings is 1. The van der Waals surface area contributed by atoms with E-state index in [9.17, 15) is 0 Å². The zero-order chi connectivity index (χ0) is 11.4. The van der Waals surface area contributed by atoms with Gasteiger partial charge in [-0.25, -0.2) is 0 Å². The third-order valence-electron chi connectivity index (χ3n) is 3.19. The monoisotopic (exact) mass is 218 g/mol. The fourth-order valence-corrected chi connectivity index (χ4v) is 2.25. The van der Waals surface area contributed by atoms with Crippen LogP contribution in [0.1, 0.15) is 37.0 Å². The molecule has 1 atom stereocenters. The molecule has 1 aliphatic rings. The Balaban J connectivity index is 2.03. The van der Waals surface area contributed by atoms with Gasteiger partial charge in [0.05, 0.1) is 0 Å². The van der Waals surface area contributed by atoms with E-state index in [0.717, 1.165) is 26.1 Å². The van der Waals surface area contributed by atoms with E-state index < -0.39 is 0 Å². The van der Waals surface area contributed by atoms with E-state index in [1.807, 2.05) is 0 Å². The van der Waals surface area contributed by atoms with Crippen LogP contribution in [0.5, 0.6) is 0 Å². The predicted molar refractivity (Wildman–Crippen MR) is 68.4 cm³/mol. The second kappa shape index (κ2) is 5.46. The molecule has 88 valence electrons. The van der Waals surface area contributed by atoms with Gasteiger partial charge in [0.15, 0.2) is 0 Å². The Morgan fingerprint density at radius 1 is 1.38 bits per heavy atom. The lowest BCUT2D eigenvalue weighted by Crippen LogP contribution is -2.32. The van der Waals surface area contributed by atoms with Crippen molar-refractivity contribution in [1.29, 1.82) is 0 Å². The van der Waals surface area contributed by atoms with Crippen molar-refractivity contribution in [2.45, 2.75) is 45.8 Å². The normalized spacial score (nSPS) is 19.5. The number of fused-ring (bicyclic) bond motifs is 1. The lowest BCUT2D eigenvalue weighted by atomic mass is 9.95. The van der Waals surface area contributed by atoms with Gasteiger partial charge in [-0.2, -0.15) is 0 Å². The molecule has 16 heavy (non-hydrogen) atoms. The second-order valence-corrected chi connectivity index (χ2v) is 4.77. The first-order chi connectivity index (χ1) is 7.79. The molecule has 2 N–H and O–H groups in total. The average Bonchev–Trinajstić information content (AvgIpc) is 2.29. The third-order valence-corrected chi connectivity index (χ3v) is 3.19. The predicted octanol–water partition coefficient (Wildman–Crippen LogP) is 2.22. The molecule has 0 amide bonds. The number of hydrogen-bond acceptors (Lipinski definition) is 2. The van der Waals surface area contributed by atoms with Crippen molar-refractivity contribution in [3.8, 4) is 0 Å². The van der Waals surface area contributed by atoms with Gasteiger partial charge in [0.2, 0.25) is 0 Å². The summed E-state index contributed by atoms with van der Waals surface area (Å²) in [4.78, 5) is 0. The summed E-state index contributed by atoms with van der Waals surface area (Å²) >= 11 is 0. The van der Waals surface area contributed by atoms with Gasteiger partial charge >= 0.3 is 0 Å². The minimum absolute atomic E-state index is 0.617. The molecule has 0 aromatic heterocycles. The van der Waals surface area contributed by atoms with E-state index in [1.54, 1.807) is 0 Å².